The number of anilines is 1. The normalized spacial score (nSPS) is 10.5. The second-order valence-electron chi connectivity index (χ2n) is 7.53. The number of likely N-dealkylation sites (N-methyl/N-ethyl adjacent to an activating group) is 1. The lowest BCUT2D eigenvalue weighted by Crippen LogP contribution is -2.24. The number of aryl methyl sites for hydroxylation is 2. The third kappa shape index (κ3) is 5.91. The van der Waals surface area contributed by atoms with E-state index in [0.717, 1.165) is 12.0 Å². The zero-order valence-corrected chi connectivity index (χ0v) is 19.4. The van der Waals surface area contributed by atoms with Gasteiger partial charge in [0.05, 0.1) is 32.6 Å². The van der Waals surface area contributed by atoms with Gasteiger partial charge >= 0.3 is 5.97 Å². The largest absolute Gasteiger partial charge is 0.493 e. The Morgan fingerprint density at radius 2 is 1.61 bits per heavy atom. The molecule has 0 radical (unpaired) electrons. The second-order valence-corrected chi connectivity index (χ2v) is 7.53. The number of aromatic nitrogens is 2. The minimum absolute atomic E-state index is 0.0997. The molecule has 3 aromatic rings. The van der Waals surface area contributed by atoms with Crippen LogP contribution in [0.3, 0.4) is 0 Å². The molecule has 174 valence electrons. The number of rotatable bonds is 11. The number of benzene rings is 2. The summed E-state index contributed by atoms with van der Waals surface area (Å²) in [4.78, 5) is 22.6. The lowest BCUT2D eigenvalue weighted by Gasteiger charge is -2.18. The minimum Gasteiger partial charge on any atom is -0.493 e. The van der Waals surface area contributed by atoms with Gasteiger partial charge in [-0.15, -0.1) is 0 Å². The molecular formula is C25H29N3O5. The van der Waals surface area contributed by atoms with Crippen molar-refractivity contribution in [3.8, 4) is 17.2 Å². The molecule has 2 aromatic carbocycles. The van der Waals surface area contributed by atoms with Crippen LogP contribution >= 0.6 is 0 Å². The summed E-state index contributed by atoms with van der Waals surface area (Å²) in [5, 5.41) is 9.63. The molecule has 8 heteroatoms. The number of carbonyl (C=O) groups is 1. The monoisotopic (exact) mass is 451 g/mol. The molecule has 0 aliphatic heterocycles. The first kappa shape index (κ1) is 23.8. The molecule has 0 unspecified atom stereocenters. The topological polar surface area (TPSA) is 94.0 Å². The molecule has 0 aliphatic carbocycles. The molecule has 3 rings (SSSR count). The van der Waals surface area contributed by atoms with Crippen LogP contribution in [0.4, 0.5) is 5.95 Å². The first-order valence-electron chi connectivity index (χ1n) is 10.6. The highest BCUT2D eigenvalue weighted by molar-refractivity contribution is 5.88. The van der Waals surface area contributed by atoms with Gasteiger partial charge in [0.1, 0.15) is 0 Å². The van der Waals surface area contributed by atoms with Crippen LogP contribution in [0.15, 0.2) is 48.7 Å². The summed E-state index contributed by atoms with van der Waals surface area (Å²) in [5.41, 5.74) is 2.71. The molecule has 1 N–H and O–H groups in total. The summed E-state index contributed by atoms with van der Waals surface area (Å²) in [6.07, 6.45) is 3.18. The van der Waals surface area contributed by atoms with Crippen LogP contribution in [0.2, 0.25) is 0 Å². The Labute approximate surface area is 193 Å². The average molecular weight is 452 g/mol. The van der Waals surface area contributed by atoms with Crippen molar-refractivity contribution in [3.63, 3.8) is 0 Å². The minimum atomic E-state index is -1.05. The highest BCUT2D eigenvalue weighted by atomic mass is 16.5. The van der Waals surface area contributed by atoms with Crippen LogP contribution in [0.1, 0.15) is 27.2 Å². The maximum Gasteiger partial charge on any atom is 0.339 e. The first-order chi connectivity index (χ1) is 16.0. The van der Waals surface area contributed by atoms with Crippen molar-refractivity contribution in [3.05, 3.63) is 71.0 Å². The Morgan fingerprint density at radius 1 is 0.939 bits per heavy atom. The molecule has 1 heterocycles. The number of methoxy groups -OCH3 is 3. The highest BCUT2D eigenvalue weighted by Gasteiger charge is 2.17. The molecule has 0 saturated carbocycles. The van der Waals surface area contributed by atoms with Gasteiger partial charge in [0.15, 0.2) is 11.5 Å². The molecule has 0 saturated heterocycles. The van der Waals surface area contributed by atoms with Gasteiger partial charge in [-0.05, 0) is 42.5 Å². The van der Waals surface area contributed by atoms with E-state index in [2.05, 4.69) is 22.1 Å². The van der Waals surface area contributed by atoms with Crippen LogP contribution in [0, 0.1) is 0 Å². The van der Waals surface area contributed by atoms with Crippen molar-refractivity contribution in [2.45, 2.75) is 19.3 Å². The number of hydrogen-bond acceptors (Lipinski definition) is 7. The maximum atomic E-state index is 11.8. The van der Waals surface area contributed by atoms with E-state index >= 15 is 0 Å². The van der Waals surface area contributed by atoms with Crippen LogP contribution in [-0.2, 0) is 19.3 Å². The Hall–Kier alpha value is -3.81. The lowest BCUT2D eigenvalue weighted by molar-refractivity contribution is 0.0694. The van der Waals surface area contributed by atoms with Gasteiger partial charge in [-0.25, -0.2) is 14.8 Å². The second kappa shape index (κ2) is 11.2. The van der Waals surface area contributed by atoms with E-state index < -0.39 is 5.97 Å². The number of carboxylic acids is 1. The van der Waals surface area contributed by atoms with Crippen LogP contribution < -0.4 is 19.1 Å². The molecule has 0 amide bonds. The number of nitrogens with zero attached hydrogens (tertiary/aromatic N) is 3. The van der Waals surface area contributed by atoms with Crippen molar-refractivity contribution < 1.29 is 24.1 Å². The molecule has 8 nitrogen and oxygen atoms in total. The van der Waals surface area contributed by atoms with Gasteiger partial charge in [0.25, 0.3) is 0 Å². The maximum absolute atomic E-state index is 11.8. The zero-order chi connectivity index (χ0) is 23.8. The highest BCUT2D eigenvalue weighted by Crippen LogP contribution is 2.38. The number of carboxylic acid groups (broad SMARTS) is 1. The quantitative estimate of drug-likeness (QED) is 0.472. The van der Waals surface area contributed by atoms with Gasteiger partial charge in [-0.1, -0.05) is 30.3 Å². The Morgan fingerprint density at radius 3 is 2.18 bits per heavy atom. The molecule has 33 heavy (non-hydrogen) atoms. The summed E-state index contributed by atoms with van der Waals surface area (Å²) in [5.74, 6) is 1.06. The van der Waals surface area contributed by atoms with E-state index in [1.165, 1.54) is 11.8 Å². The van der Waals surface area contributed by atoms with Crippen LogP contribution in [0.5, 0.6) is 17.2 Å². The predicted molar refractivity (Wildman–Crippen MR) is 126 cm³/mol. The van der Waals surface area contributed by atoms with E-state index in [4.69, 9.17) is 14.2 Å². The predicted octanol–water partition coefficient (Wildman–Crippen LogP) is 3.66. The summed E-state index contributed by atoms with van der Waals surface area (Å²) in [6, 6.07) is 13.9. The zero-order valence-electron chi connectivity index (χ0n) is 19.4. The molecule has 1 aromatic heterocycles. The van der Waals surface area contributed by atoms with Crippen molar-refractivity contribution in [1.82, 2.24) is 9.97 Å². The smallest absolute Gasteiger partial charge is 0.339 e. The fourth-order valence-corrected chi connectivity index (χ4v) is 3.54. The average Bonchev–Trinajstić information content (AvgIpc) is 2.85. The molecule has 0 bridgehead atoms. The summed E-state index contributed by atoms with van der Waals surface area (Å²) in [7, 11) is 6.58. The van der Waals surface area contributed by atoms with E-state index in [9.17, 15) is 9.90 Å². The van der Waals surface area contributed by atoms with Gasteiger partial charge < -0.3 is 24.2 Å². The van der Waals surface area contributed by atoms with Gasteiger partial charge in [-0.2, -0.15) is 0 Å². The fourth-order valence-electron chi connectivity index (χ4n) is 3.54. The summed E-state index contributed by atoms with van der Waals surface area (Å²) in [6.45, 7) is 0.711. The fraction of sp³-hybridized carbons (Fsp3) is 0.320. The molecule has 0 atom stereocenters. The van der Waals surface area contributed by atoms with Crippen molar-refractivity contribution in [1.29, 1.82) is 0 Å². The molecular weight excluding hydrogens is 422 g/mol. The SMILES string of the molecule is COc1cc(CCc2nc(N(C)CCc3ccccc3)ncc2C(=O)O)cc(OC)c1OC. The Balaban J connectivity index is 1.79. The van der Waals surface area contributed by atoms with Crippen LogP contribution in [-0.4, -0.2) is 56.0 Å². The number of ether oxygens (including phenoxy) is 3. The lowest BCUT2D eigenvalue weighted by atomic mass is 10.0. The van der Waals surface area contributed by atoms with E-state index in [1.807, 2.05) is 42.3 Å². The van der Waals surface area contributed by atoms with Gasteiger partial charge in [-0.3, -0.25) is 0 Å². The third-order valence-corrected chi connectivity index (χ3v) is 5.38. The summed E-state index contributed by atoms with van der Waals surface area (Å²) < 4.78 is 16.2. The van der Waals surface area contributed by atoms with Crippen molar-refractivity contribution in [2.24, 2.45) is 0 Å². The van der Waals surface area contributed by atoms with E-state index in [-0.39, 0.29) is 5.56 Å². The first-order valence-corrected chi connectivity index (χ1v) is 10.6. The van der Waals surface area contributed by atoms with Crippen molar-refractivity contribution in [2.75, 3.05) is 39.8 Å². The number of aromatic carboxylic acids is 1. The standard InChI is InChI=1S/C25H29N3O5/c1-28(13-12-17-8-6-5-7-9-17)25-26-16-19(24(29)30)20(27-25)11-10-18-14-21(31-2)23(33-4)22(15-18)32-3/h5-9,14-16H,10-13H2,1-4H3,(H,29,30). The molecule has 0 aliphatic rings. The Bertz CT molecular complexity index is 1060. The van der Waals surface area contributed by atoms with Gasteiger partial charge in [0, 0.05) is 19.8 Å². The van der Waals surface area contributed by atoms with Crippen molar-refractivity contribution >= 4 is 11.9 Å². The van der Waals surface area contributed by atoms with E-state index in [0.29, 0.717) is 48.3 Å². The Kier molecular flexibility index (Phi) is 8.07. The molecule has 0 spiro atoms. The van der Waals surface area contributed by atoms with Crippen LogP contribution in [0.25, 0.3) is 0 Å². The molecule has 0 fully saturated rings. The third-order valence-electron chi connectivity index (χ3n) is 5.38. The van der Waals surface area contributed by atoms with Gasteiger partial charge in [0.2, 0.25) is 11.7 Å². The van der Waals surface area contributed by atoms with E-state index in [1.54, 1.807) is 21.3 Å². The number of hydrogen-bond donors (Lipinski definition) is 1. The summed E-state index contributed by atoms with van der Waals surface area (Å²) >= 11 is 0.